The van der Waals surface area contributed by atoms with E-state index in [1.807, 2.05) is 0 Å². The Bertz CT molecular complexity index is 99.7. The Morgan fingerprint density at radius 2 is 1.69 bits per heavy atom. The molecule has 1 nitrogen and oxygen atoms in total. The first-order valence-electron chi connectivity index (χ1n) is 6.01. The third kappa shape index (κ3) is 5.30. The van der Waals surface area contributed by atoms with Crippen LogP contribution in [0.4, 0.5) is 0 Å². The van der Waals surface area contributed by atoms with Gasteiger partial charge in [-0.2, -0.15) is 0 Å². The minimum Gasteiger partial charge on any atom is -0.381 e. The van der Waals surface area contributed by atoms with Crippen LogP contribution in [0, 0.1) is 5.92 Å². The first-order valence-corrected chi connectivity index (χ1v) is 6.01. The summed E-state index contributed by atoms with van der Waals surface area (Å²) in [7, 11) is 0. The van der Waals surface area contributed by atoms with Gasteiger partial charge in [-0.15, -0.1) is 0 Å². The Morgan fingerprint density at radius 3 is 2.54 bits per heavy atom. The predicted octanol–water partition coefficient (Wildman–Crippen LogP) is 3.77. The molecule has 0 amide bonds. The Kier molecular flexibility index (Phi) is 6.26. The van der Waals surface area contributed by atoms with E-state index in [9.17, 15) is 0 Å². The Morgan fingerprint density at radius 1 is 0.923 bits per heavy atom. The zero-order chi connectivity index (χ0) is 9.36. The fraction of sp³-hybridized carbons (Fsp3) is 1.00. The molecule has 1 heterocycles. The molecule has 0 saturated carbocycles. The maximum absolute atomic E-state index is 5.60. The molecule has 0 bridgehead atoms. The summed E-state index contributed by atoms with van der Waals surface area (Å²) >= 11 is 0. The van der Waals surface area contributed by atoms with Crippen LogP contribution in [0.5, 0.6) is 0 Å². The topological polar surface area (TPSA) is 9.23 Å². The van der Waals surface area contributed by atoms with Crippen LogP contribution in [0.25, 0.3) is 0 Å². The van der Waals surface area contributed by atoms with E-state index >= 15 is 0 Å². The molecule has 0 aliphatic carbocycles. The van der Waals surface area contributed by atoms with Gasteiger partial charge >= 0.3 is 0 Å². The molecular weight excluding hydrogens is 160 g/mol. The highest BCUT2D eigenvalue weighted by molar-refractivity contribution is 4.59. The van der Waals surface area contributed by atoms with Crippen molar-refractivity contribution in [1.29, 1.82) is 0 Å². The van der Waals surface area contributed by atoms with Crippen LogP contribution in [0.2, 0.25) is 0 Å². The molecule has 1 aliphatic heterocycles. The molecule has 13 heavy (non-hydrogen) atoms. The maximum Gasteiger partial charge on any atom is 0.0468 e. The highest BCUT2D eigenvalue weighted by Gasteiger charge is 2.06. The second-order valence-electron chi connectivity index (χ2n) is 4.23. The highest BCUT2D eigenvalue weighted by Crippen LogP contribution is 2.19. The summed E-state index contributed by atoms with van der Waals surface area (Å²) in [5.74, 6) is 0.929. The van der Waals surface area contributed by atoms with Gasteiger partial charge < -0.3 is 4.74 Å². The van der Waals surface area contributed by atoms with Gasteiger partial charge in [0.05, 0.1) is 0 Å². The van der Waals surface area contributed by atoms with Crippen molar-refractivity contribution in [2.45, 2.75) is 58.3 Å². The van der Waals surface area contributed by atoms with E-state index in [0.717, 1.165) is 19.1 Å². The van der Waals surface area contributed by atoms with Crippen molar-refractivity contribution >= 4 is 0 Å². The molecule has 0 aromatic carbocycles. The average molecular weight is 184 g/mol. The van der Waals surface area contributed by atoms with Crippen LogP contribution in [-0.2, 0) is 4.74 Å². The molecule has 1 saturated heterocycles. The van der Waals surface area contributed by atoms with E-state index in [1.54, 1.807) is 0 Å². The van der Waals surface area contributed by atoms with Crippen molar-refractivity contribution in [2.24, 2.45) is 5.92 Å². The van der Waals surface area contributed by atoms with Crippen molar-refractivity contribution in [1.82, 2.24) is 0 Å². The lowest BCUT2D eigenvalue weighted by molar-refractivity contribution is 0.116. The second-order valence-corrected chi connectivity index (χ2v) is 4.23. The van der Waals surface area contributed by atoms with Gasteiger partial charge in [-0.05, 0) is 18.8 Å². The molecular formula is C12H24O. The van der Waals surface area contributed by atoms with Crippen molar-refractivity contribution in [3.05, 3.63) is 0 Å². The lowest BCUT2D eigenvalue weighted by atomic mass is 9.95. The van der Waals surface area contributed by atoms with Gasteiger partial charge in [0.15, 0.2) is 0 Å². The largest absolute Gasteiger partial charge is 0.381 e. The standard InChI is InChI=1S/C12H24O/c1-2-12-8-6-4-3-5-7-10-13-11-9-12/h12H,2-11H2,1H3. The highest BCUT2D eigenvalue weighted by atomic mass is 16.5. The van der Waals surface area contributed by atoms with E-state index < -0.39 is 0 Å². The lowest BCUT2D eigenvalue weighted by Crippen LogP contribution is -2.04. The van der Waals surface area contributed by atoms with Gasteiger partial charge in [-0.25, -0.2) is 0 Å². The lowest BCUT2D eigenvalue weighted by Gasteiger charge is -2.13. The average Bonchev–Trinajstić information content (AvgIpc) is 2.22. The first kappa shape index (κ1) is 11.0. The SMILES string of the molecule is CCC1CCCCCCCOCC1. The van der Waals surface area contributed by atoms with Crippen molar-refractivity contribution in [3.8, 4) is 0 Å². The van der Waals surface area contributed by atoms with Crippen LogP contribution in [-0.4, -0.2) is 13.2 Å². The summed E-state index contributed by atoms with van der Waals surface area (Å²) < 4.78 is 5.60. The minimum atomic E-state index is 0.929. The van der Waals surface area contributed by atoms with Crippen molar-refractivity contribution < 1.29 is 4.74 Å². The fourth-order valence-corrected chi connectivity index (χ4v) is 2.07. The van der Waals surface area contributed by atoms with Gasteiger partial charge in [0, 0.05) is 13.2 Å². The number of hydrogen-bond donors (Lipinski definition) is 0. The normalized spacial score (nSPS) is 27.9. The molecule has 0 aromatic rings. The third-order valence-corrected chi connectivity index (χ3v) is 3.15. The third-order valence-electron chi connectivity index (χ3n) is 3.15. The molecule has 0 N–H and O–H groups in total. The van der Waals surface area contributed by atoms with Crippen LogP contribution in [0.1, 0.15) is 58.3 Å². The minimum absolute atomic E-state index is 0.929. The molecule has 1 aliphatic rings. The van der Waals surface area contributed by atoms with Crippen molar-refractivity contribution in [2.75, 3.05) is 13.2 Å². The predicted molar refractivity (Wildman–Crippen MR) is 56.9 cm³/mol. The molecule has 1 rings (SSSR count). The molecule has 1 unspecified atom stereocenters. The van der Waals surface area contributed by atoms with E-state index in [4.69, 9.17) is 4.74 Å². The number of hydrogen-bond acceptors (Lipinski definition) is 1. The summed E-state index contributed by atoms with van der Waals surface area (Å²) in [5.41, 5.74) is 0. The van der Waals surface area contributed by atoms with Crippen LogP contribution in [0.15, 0.2) is 0 Å². The monoisotopic (exact) mass is 184 g/mol. The van der Waals surface area contributed by atoms with E-state index in [-0.39, 0.29) is 0 Å². The second kappa shape index (κ2) is 7.37. The molecule has 78 valence electrons. The van der Waals surface area contributed by atoms with E-state index in [0.29, 0.717) is 0 Å². The Balaban J connectivity index is 2.18. The van der Waals surface area contributed by atoms with Gasteiger partial charge in [0.25, 0.3) is 0 Å². The van der Waals surface area contributed by atoms with Crippen LogP contribution < -0.4 is 0 Å². The molecule has 1 fully saturated rings. The molecule has 1 atom stereocenters. The quantitative estimate of drug-likeness (QED) is 0.602. The summed E-state index contributed by atoms with van der Waals surface area (Å²) in [6.07, 6.45) is 11.0. The van der Waals surface area contributed by atoms with E-state index in [2.05, 4.69) is 6.92 Å². The summed E-state index contributed by atoms with van der Waals surface area (Å²) in [4.78, 5) is 0. The van der Waals surface area contributed by atoms with E-state index in [1.165, 1.54) is 51.4 Å². The summed E-state index contributed by atoms with van der Waals surface area (Å²) in [6, 6.07) is 0. The van der Waals surface area contributed by atoms with Crippen LogP contribution in [0.3, 0.4) is 0 Å². The maximum atomic E-state index is 5.60. The number of rotatable bonds is 1. The molecule has 0 aromatic heterocycles. The zero-order valence-electron chi connectivity index (χ0n) is 9.06. The Labute approximate surface area is 82.9 Å². The Hall–Kier alpha value is -0.0400. The summed E-state index contributed by atoms with van der Waals surface area (Å²) in [5, 5.41) is 0. The van der Waals surface area contributed by atoms with Gasteiger partial charge in [-0.1, -0.05) is 45.4 Å². The van der Waals surface area contributed by atoms with Crippen LogP contribution >= 0.6 is 0 Å². The van der Waals surface area contributed by atoms with Gasteiger partial charge in [0.1, 0.15) is 0 Å². The van der Waals surface area contributed by atoms with Gasteiger partial charge in [-0.3, -0.25) is 0 Å². The fourth-order valence-electron chi connectivity index (χ4n) is 2.07. The molecule has 0 spiro atoms. The smallest absolute Gasteiger partial charge is 0.0468 e. The molecule has 0 radical (unpaired) electrons. The molecule has 1 heteroatoms. The number of ether oxygens (including phenoxy) is 1. The summed E-state index contributed by atoms with van der Waals surface area (Å²) in [6.45, 7) is 4.30. The first-order chi connectivity index (χ1) is 6.43. The van der Waals surface area contributed by atoms with Crippen molar-refractivity contribution in [3.63, 3.8) is 0 Å². The zero-order valence-corrected chi connectivity index (χ0v) is 9.06. The van der Waals surface area contributed by atoms with Gasteiger partial charge in [0.2, 0.25) is 0 Å².